The van der Waals surface area contributed by atoms with Crippen molar-refractivity contribution >= 4 is 0 Å². The van der Waals surface area contributed by atoms with Gasteiger partial charge in [-0.2, -0.15) is 0 Å². The molecule has 3 nitrogen and oxygen atoms in total. The number of rotatable bonds is 4. The van der Waals surface area contributed by atoms with E-state index in [1.807, 2.05) is 19.1 Å². The van der Waals surface area contributed by atoms with Gasteiger partial charge in [-0.25, -0.2) is 4.98 Å². The topological polar surface area (TPSA) is 48.1 Å². The molecule has 0 aromatic carbocycles. The molecule has 0 aliphatic carbocycles. The minimum Gasteiger partial charge on any atom is -0.478 e. The molecule has 0 aliphatic rings. The van der Waals surface area contributed by atoms with Crippen LogP contribution in [0.2, 0.25) is 0 Å². The Hall–Kier alpha value is -1.09. The molecule has 0 saturated heterocycles. The Balaban J connectivity index is 2.69. The third-order valence-corrected chi connectivity index (χ3v) is 1.92. The van der Waals surface area contributed by atoms with Crippen LogP contribution in [0.3, 0.4) is 0 Å². The molecule has 1 unspecified atom stereocenters. The normalized spacial score (nSPS) is 12.5. The molecule has 0 amide bonds. The van der Waals surface area contributed by atoms with Crippen molar-refractivity contribution in [3.05, 3.63) is 23.9 Å². The number of ether oxygens (including phenoxy) is 1. The number of nitrogens with zero attached hydrogens (tertiary/aromatic N) is 1. The molecule has 1 aromatic heterocycles. The Bertz CT molecular complexity index is 246. The van der Waals surface area contributed by atoms with Crippen molar-refractivity contribution in [2.24, 2.45) is 5.73 Å². The van der Waals surface area contributed by atoms with Crippen LogP contribution in [0, 0.1) is 0 Å². The monoisotopic (exact) mass is 180 g/mol. The van der Waals surface area contributed by atoms with Crippen molar-refractivity contribution < 1.29 is 4.74 Å². The number of hydrogen-bond acceptors (Lipinski definition) is 3. The highest BCUT2D eigenvalue weighted by Crippen LogP contribution is 2.14. The van der Waals surface area contributed by atoms with Gasteiger partial charge in [0.1, 0.15) is 0 Å². The van der Waals surface area contributed by atoms with Gasteiger partial charge in [-0.3, -0.25) is 0 Å². The first-order valence-corrected chi connectivity index (χ1v) is 4.62. The maximum atomic E-state index is 5.84. The van der Waals surface area contributed by atoms with E-state index in [9.17, 15) is 0 Å². The molecule has 0 bridgehead atoms. The van der Waals surface area contributed by atoms with E-state index in [4.69, 9.17) is 10.5 Å². The summed E-state index contributed by atoms with van der Waals surface area (Å²) < 4.78 is 5.22. The second kappa shape index (κ2) is 4.82. The first-order chi connectivity index (χ1) is 6.27. The SMILES string of the molecule is CCOc1ccc(C(N)CC)cn1. The van der Waals surface area contributed by atoms with Gasteiger partial charge in [-0.1, -0.05) is 13.0 Å². The van der Waals surface area contributed by atoms with Crippen LogP contribution in [0.4, 0.5) is 0 Å². The zero-order valence-corrected chi connectivity index (χ0v) is 8.16. The highest BCUT2D eigenvalue weighted by molar-refractivity contribution is 5.20. The molecule has 13 heavy (non-hydrogen) atoms. The van der Waals surface area contributed by atoms with Crippen LogP contribution in [0.15, 0.2) is 18.3 Å². The molecule has 0 aliphatic heterocycles. The second-order valence-corrected chi connectivity index (χ2v) is 2.88. The average molecular weight is 180 g/mol. The van der Waals surface area contributed by atoms with Crippen LogP contribution in [0.5, 0.6) is 5.88 Å². The van der Waals surface area contributed by atoms with Crippen molar-refractivity contribution in [2.75, 3.05) is 6.61 Å². The Labute approximate surface area is 78.9 Å². The van der Waals surface area contributed by atoms with Crippen LogP contribution < -0.4 is 10.5 Å². The van der Waals surface area contributed by atoms with E-state index in [0.29, 0.717) is 12.5 Å². The highest BCUT2D eigenvalue weighted by atomic mass is 16.5. The van der Waals surface area contributed by atoms with E-state index < -0.39 is 0 Å². The summed E-state index contributed by atoms with van der Waals surface area (Å²) in [6.07, 6.45) is 2.70. The van der Waals surface area contributed by atoms with Crippen molar-refractivity contribution in [1.29, 1.82) is 0 Å². The second-order valence-electron chi connectivity index (χ2n) is 2.88. The zero-order chi connectivity index (χ0) is 9.68. The first-order valence-electron chi connectivity index (χ1n) is 4.62. The van der Waals surface area contributed by atoms with Crippen LogP contribution >= 0.6 is 0 Å². The zero-order valence-electron chi connectivity index (χ0n) is 8.16. The van der Waals surface area contributed by atoms with Gasteiger partial charge < -0.3 is 10.5 Å². The summed E-state index contributed by atoms with van der Waals surface area (Å²) in [6.45, 7) is 4.64. The van der Waals surface area contributed by atoms with Crippen molar-refractivity contribution in [1.82, 2.24) is 4.98 Å². The van der Waals surface area contributed by atoms with Gasteiger partial charge in [0, 0.05) is 18.3 Å². The summed E-state index contributed by atoms with van der Waals surface area (Å²) in [4.78, 5) is 4.14. The number of aromatic nitrogens is 1. The quantitative estimate of drug-likeness (QED) is 0.769. The van der Waals surface area contributed by atoms with Gasteiger partial charge in [-0.05, 0) is 18.9 Å². The third-order valence-electron chi connectivity index (χ3n) is 1.92. The fourth-order valence-electron chi connectivity index (χ4n) is 1.08. The Kier molecular flexibility index (Phi) is 3.71. The number of hydrogen-bond donors (Lipinski definition) is 1. The average Bonchev–Trinajstić information content (AvgIpc) is 2.18. The molecule has 3 heteroatoms. The predicted molar refractivity (Wildman–Crippen MR) is 52.6 cm³/mol. The van der Waals surface area contributed by atoms with Crippen LogP contribution in [-0.4, -0.2) is 11.6 Å². The van der Waals surface area contributed by atoms with E-state index in [1.54, 1.807) is 6.20 Å². The molecule has 1 rings (SSSR count). The maximum absolute atomic E-state index is 5.84. The minimum atomic E-state index is 0.0863. The Morgan fingerprint density at radius 2 is 2.23 bits per heavy atom. The van der Waals surface area contributed by atoms with E-state index in [2.05, 4.69) is 11.9 Å². The van der Waals surface area contributed by atoms with E-state index in [-0.39, 0.29) is 6.04 Å². The minimum absolute atomic E-state index is 0.0863. The van der Waals surface area contributed by atoms with Gasteiger partial charge in [0.05, 0.1) is 6.61 Å². The van der Waals surface area contributed by atoms with Gasteiger partial charge >= 0.3 is 0 Å². The lowest BCUT2D eigenvalue weighted by Crippen LogP contribution is -2.08. The van der Waals surface area contributed by atoms with E-state index >= 15 is 0 Å². The molecular weight excluding hydrogens is 164 g/mol. The molecule has 1 heterocycles. The summed E-state index contributed by atoms with van der Waals surface area (Å²) in [6, 6.07) is 3.91. The van der Waals surface area contributed by atoms with Crippen molar-refractivity contribution in [3.63, 3.8) is 0 Å². The smallest absolute Gasteiger partial charge is 0.213 e. The number of pyridine rings is 1. The van der Waals surface area contributed by atoms with Gasteiger partial charge in [-0.15, -0.1) is 0 Å². The fraction of sp³-hybridized carbons (Fsp3) is 0.500. The fourth-order valence-corrected chi connectivity index (χ4v) is 1.08. The molecule has 1 atom stereocenters. The molecule has 0 saturated carbocycles. The van der Waals surface area contributed by atoms with Crippen molar-refractivity contribution in [2.45, 2.75) is 26.3 Å². The lowest BCUT2D eigenvalue weighted by Gasteiger charge is -2.08. The molecule has 1 aromatic rings. The first kappa shape index (κ1) is 9.99. The maximum Gasteiger partial charge on any atom is 0.213 e. The summed E-state index contributed by atoms with van der Waals surface area (Å²) in [5.74, 6) is 0.662. The lowest BCUT2D eigenvalue weighted by molar-refractivity contribution is 0.326. The molecule has 0 spiro atoms. The van der Waals surface area contributed by atoms with Crippen LogP contribution in [-0.2, 0) is 0 Å². The molecule has 2 N–H and O–H groups in total. The standard InChI is InChI=1S/C10H16N2O/c1-3-9(11)8-5-6-10(12-7-8)13-4-2/h5-7,9H,3-4,11H2,1-2H3. The van der Waals surface area contributed by atoms with Gasteiger partial charge in [0.15, 0.2) is 0 Å². The molecule has 72 valence electrons. The summed E-state index contributed by atoms with van der Waals surface area (Å²) in [7, 11) is 0. The van der Waals surface area contributed by atoms with Gasteiger partial charge in [0.2, 0.25) is 5.88 Å². The molecular formula is C10H16N2O. The summed E-state index contributed by atoms with van der Waals surface area (Å²) in [5.41, 5.74) is 6.90. The van der Waals surface area contributed by atoms with Crippen molar-refractivity contribution in [3.8, 4) is 5.88 Å². The molecule has 0 radical (unpaired) electrons. The Morgan fingerprint density at radius 3 is 2.69 bits per heavy atom. The van der Waals surface area contributed by atoms with E-state index in [1.165, 1.54) is 0 Å². The largest absolute Gasteiger partial charge is 0.478 e. The predicted octanol–water partition coefficient (Wildman–Crippen LogP) is 1.89. The third kappa shape index (κ3) is 2.70. The summed E-state index contributed by atoms with van der Waals surface area (Å²) >= 11 is 0. The summed E-state index contributed by atoms with van der Waals surface area (Å²) in [5, 5.41) is 0. The lowest BCUT2D eigenvalue weighted by atomic mass is 10.1. The number of nitrogens with two attached hydrogens (primary N) is 1. The highest BCUT2D eigenvalue weighted by Gasteiger charge is 2.03. The van der Waals surface area contributed by atoms with Gasteiger partial charge in [0.25, 0.3) is 0 Å². The van der Waals surface area contributed by atoms with E-state index in [0.717, 1.165) is 12.0 Å². The van der Waals surface area contributed by atoms with Crippen LogP contribution in [0.1, 0.15) is 31.9 Å². The van der Waals surface area contributed by atoms with Crippen LogP contribution in [0.25, 0.3) is 0 Å². The Morgan fingerprint density at radius 1 is 1.46 bits per heavy atom. The molecule has 0 fully saturated rings.